The average Bonchev–Trinajstić information content (AvgIpc) is 2.87. The Balaban J connectivity index is 1.63. The summed E-state index contributed by atoms with van der Waals surface area (Å²) >= 11 is 6.84. The summed E-state index contributed by atoms with van der Waals surface area (Å²) in [6, 6.07) is 21.4. The van der Waals surface area contributed by atoms with Gasteiger partial charge in [-0.2, -0.15) is 0 Å². The number of carbonyl (C=O) groups excluding carboxylic acids is 3. The first kappa shape index (κ1) is 26.9. The molecule has 0 aromatic heterocycles. The van der Waals surface area contributed by atoms with Gasteiger partial charge in [-0.3, -0.25) is 9.59 Å². The molecule has 186 valence electrons. The zero-order valence-corrected chi connectivity index (χ0v) is 21.8. The minimum atomic E-state index is -0.509. The molecule has 0 saturated carbocycles. The van der Waals surface area contributed by atoms with Crippen molar-refractivity contribution in [2.24, 2.45) is 0 Å². The number of ether oxygens (including phenoxy) is 1. The Bertz CT molecular complexity index is 1260. The number of esters is 1. The Hall–Kier alpha value is -3.69. The topological polar surface area (TPSA) is 96.5 Å². The molecule has 7 nitrogen and oxygen atoms in total. The molecule has 3 rings (SSSR count). The predicted molar refractivity (Wildman–Crippen MR) is 149 cm³/mol. The minimum absolute atomic E-state index is 0.00306. The van der Waals surface area contributed by atoms with Crippen LogP contribution in [0.5, 0.6) is 0 Å². The molecule has 0 aliphatic rings. The molecule has 36 heavy (non-hydrogen) atoms. The zero-order chi connectivity index (χ0) is 26.1. The van der Waals surface area contributed by atoms with Crippen LogP contribution in [-0.2, 0) is 9.53 Å². The lowest BCUT2D eigenvalue weighted by Gasteiger charge is -2.17. The molecule has 3 N–H and O–H groups in total. The lowest BCUT2D eigenvalue weighted by atomic mass is 10.1. The molecule has 0 saturated heterocycles. The summed E-state index contributed by atoms with van der Waals surface area (Å²) in [5.41, 5.74) is 2.88. The molecular formula is C27H27N3O4S2. The number of hydrogen-bond acceptors (Lipinski definition) is 6. The Morgan fingerprint density at radius 1 is 0.917 bits per heavy atom. The molecule has 0 bridgehead atoms. The molecule has 1 unspecified atom stereocenters. The van der Waals surface area contributed by atoms with Gasteiger partial charge in [0.2, 0.25) is 5.91 Å². The number of benzene rings is 3. The van der Waals surface area contributed by atoms with Crippen LogP contribution in [-0.4, -0.2) is 35.1 Å². The Labute approximate surface area is 220 Å². The predicted octanol–water partition coefficient (Wildman–Crippen LogP) is 5.99. The van der Waals surface area contributed by atoms with Crippen LogP contribution in [0.2, 0.25) is 0 Å². The number of amides is 1. The number of carbonyl (C=O) groups is 3. The number of nitrogens with one attached hydrogen (secondary N) is 3. The van der Waals surface area contributed by atoms with Crippen molar-refractivity contribution in [2.45, 2.75) is 30.4 Å². The number of ketones is 1. The minimum Gasteiger partial charge on any atom is -0.465 e. The second-order valence-corrected chi connectivity index (χ2v) is 9.47. The van der Waals surface area contributed by atoms with Gasteiger partial charge in [-0.1, -0.05) is 25.1 Å². The summed E-state index contributed by atoms with van der Waals surface area (Å²) in [5, 5.41) is 9.11. The maximum atomic E-state index is 13.0. The maximum absolute atomic E-state index is 13.0. The van der Waals surface area contributed by atoms with E-state index in [9.17, 15) is 14.4 Å². The van der Waals surface area contributed by atoms with Gasteiger partial charge >= 0.3 is 5.97 Å². The first-order chi connectivity index (χ1) is 17.3. The van der Waals surface area contributed by atoms with Crippen LogP contribution in [0.4, 0.5) is 17.1 Å². The number of methoxy groups -OCH3 is 1. The lowest BCUT2D eigenvalue weighted by Crippen LogP contribution is -2.25. The highest BCUT2D eigenvalue weighted by Crippen LogP contribution is 2.29. The molecule has 3 aromatic rings. The smallest absolute Gasteiger partial charge is 0.339 e. The monoisotopic (exact) mass is 521 g/mol. The number of rotatable bonds is 9. The molecule has 0 fully saturated rings. The highest BCUT2D eigenvalue weighted by molar-refractivity contribution is 8.00. The highest BCUT2D eigenvalue weighted by Gasteiger charge is 2.21. The SMILES string of the molecule is CCC(Sc1cccc(NC(=S)Nc2ccc(C(C)=O)cc2)c1)C(=O)Nc1ccccc1C(=O)OC. The first-order valence-corrected chi connectivity index (χ1v) is 12.5. The third-order valence-corrected chi connectivity index (χ3v) is 6.74. The van der Waals surface area contributed by atoms with Gasteiger partial charge in [-0.15, -0.1) is 11.8 Å². The van der Waals surface area contributed by atoms with Crippen molar-refractivity contribution in [3.63, 3.8) is 0 Å². The van der Waals surface area contributed by atoms with Crippen LogP contribution in [0, 0.1) is 0 Å². The van der Waals surface area contributed by atoms with E-state index in [1.165, 1.54) is 25.8 Å². The molecular weight excluding hydrogens is 494 g/mol. The standard InChI is InChI=1S/C27H27N3O4S2/c1-4-24(25(32)30-23-11-6-5-10-22(23)26(33)34-3)36-21-9-7-8-20(16-21)29-27(35)28-19-14-12-18(13-15-19)17(2)31/h5-16,24H,4H2,1-3H3,(H,30,32)(H2,28,29,35). The van der Waals surface area contributed by atoms with Crippen LogP contribution < -0.4 is 16.0 Å². The summed E-state index contributed by atoms with van der Waals surface area (Å²) < 4.78 is 4.81. The first-order valence-electron chi connectivity index (χ1n) is 11.2. The Kier molecular flexibility index (Phi) is 9.61. The number of anilines is 3. The van der Waals surface area contributed by atoms with Gasteiger partial charge in [-0.05, 0) is 80.2 Å². The van der Waals surface area contributed by atoms with E-state index >= 15 is 0 Å². The zero-order valence-electron chi connectivity index (χ0n) is 20.2. The fourth-order valence-corrected chi connectivity index (χ4v) is 4.56. The van der Waals surface area contributed by atoms with Gasteiger partial charge < -0.3 is 20.7 Å². The summed E-state index contributed by atoms with van der Waals surface area (Å²) in [6.45, 7) is 3.45. The molecule has 0 heterocycles. The van der Waals surface area contributed by atoms with Crippen molar-refractivity contribution in [3.05, 3.63) is 83.9 Å². The van der Waals surface area contributed by atoms with Crippen LogP contribution in [0.3, 0.4) is 0 Å². The molecule has 0 spiro atoms. The van der Waals surface area contributed by atoms with E-state index in [2.05, 4.69) is 16.0 Å². The van der Waals surface area contributed by atoms with E-state index < -0.39 is 5.97 Å². The summed E-state index contributed by atoms with van der Waals surface area (Å²) in [6.07, 6.45) is 0.588. The van der Waals surface area contributed by atoms with Crippen molar-refractivity contribution in [1.29, 1.82) is 0 Å². The van der Waals surface area contributed by atoms with Gasteiger partial charge in [0.25, 0.3) is 0 Å². The largest absolute Gasteiger partial charge is 0.465 e. The highest BCUT2D eigenvalue weighted by atomic mass is 32.2. The van der Waals surface area contributed by atoms with Crippen molar-refractivity contribution in [2.75, 3.05) is 23.1 Å². The Morgan fingerprint density at radius 2 is 1.61 bits per heavy atom. The second-order valence-electron chi connectivity index (χ2n) is 7.78. The molecule has 9 heteroatoms. The van der Waals surface area contributed by atoms with Crippen molar-refractivity contribution in [1.82, 2.24) is 0 Å². The molecule has 1 amide bonds. The number of Topliss-reactive ketones (excluding diaryl/α,β-unsaturated/α-hetero) is 1. The molecule has 3 aromatic carbocycles. The van der Waals surface area contributed by atoms with Crippen molar-refractivity contribution < 1.29 is 19.1 Å². The number of hydrogen-bond donors (Lipinski definition) is 3. The second kappa shape index (κ2) is 12.9. The fourth-order valence-electron chi connectivity index (χ4n) is 3.31. The van der Waals surface area contributed by atoms with Gasteiger partial charge in [0.1, 0.15) is 0 Å². The van der Waals surface area contributed by atoms with Gasteiger partial charge in [-0.25, -0.2) is 4.79 Å². The molecule has 0 aliphatic carbocycles. The van der Waals surface area contributed by atoms with E-state index in [4.69, 9.17) is 17.0 Å². The van der Waals surface area contributed by atoms with E-state index in [1.54, 1.807) is 48.5 Å². The van der Waals surface area contributed by atoms with Gasteiger partial charge in [0, 0.05) is 21.8 Å². The molecule has 0 radical (unpaired) electrons. The summed E-state index contributed by atoms with van der Waals surface area (Å²) in [7, 11) is 1.30. The van der Waals surface area contributed by atoms with Gasteiger partial charge in [0.05, 0.1) is 23.6 Å². The van der Waals surface area contributed by atoms with E-state index in [1.807, 2.05) is 31.2 Å². The third kappa shape index (κ3) is 7.40. The maximum Gasteiger partial charge on any atom is 0.339 e. The summed E-state index contributed by atoms with van der Waals surface area (Å²) in [5.74, 6) is -0.712. The number of para-hydroxylation sites is 1. The average molecular weight is 522 g/mol. The van der Waals surface area contributed by atoms with E-state index in [-0.39, 0.29) is 16.9 Å². The van der Waals surface area contributed by atoms with Gasteiger partial charge in [0.15, 0.2) is 10.9 Å². The number of thiocarbonyl (C=S) groups is 1. The number of thioether (sulfide) groups is 1. The van der Waals surface area contributed by atoms with E-state index in [0.717, 1.165) is 16.3 Å². The molecule has 0 aliphatic heterocycles. The lowest BCUT2D eigenvalue weighted by molar-refractivity contribution is -0.115. The normalized spacial score (nSPS) is 11.2. The fraction of sp³-hybridized carbons (Fsp3) is 0.185. The van der Waals surface area contributed by atoms with Crippen molar-refractivity contribution in [3.8, 4) is 0 Å². The Morgan fingerprint density at radius 3 is 2.28 bits per heavy atom. The van der Waals surface area contributed by atoms with Crippen LogP contribution in [0.1, 0.15) is 41.0 Å². The van der Waals surface area contributed by atoms with Crippen LogP contribution in [0.25, 0.3) is 0 Å². The van der Waals surface area contributed by atoms with Crippen LogP contribution in [0.15, 0.2) is 77.7 Å². The summed E-state index contributed by atoms with van der Waals surface area (Å²) in [4.78, 5) is 37.3. The third-order valence-electron chi connectivity index (χ3n) is 5.17. The quantitative estimate of drug-likeness (QED) is 0.137. The van der Waals surface area contributed by atoms with Crippen molar-refractivity contribution >= 4 is 63.8 Å². The van der Waals surface area contributed by atoms with Crippen LogP contribution >= 0.6 is 24.0 Å². The van der Waals surface area contributed by atoms with E-state index in [0.29, 0.717) is 28.3 Å². The molecule has 1 atom stereocenters.